The van der Waals surface area contributed by atoms with Gasteiger partial charge in [0.05, 0.1) is 6.20 Å². The van der Waals surface area contributed by atoms with Crippen LogP contribution >= 0.6 is 11.6 Å². The van der Waals surface area contributed by atoms with E-state index in [-0.39, 0.29) is 11.1 Å². The summed E-state index contributed by atoms with van der Waals surface area (Å²) >= 11 is 5.66. The van der Waals surface area contributed by atoms with Crippen molar-refractivity contribution in [2.24, 2.45) is 5.92 Å². The summed E-state index contributed by atoms with van der Waals surface area (Å²) in [7, 11) is 0. The molecular weight excluding hydrogens is 241 g/mol. The minimum atomic E-state index is -0.438. The lowest BCUT2D eigenvalue weighted by atomic mass is 10.0. The smallest absolute Gasteiger partial charge is 0.224 e. The molecule has 1 aromatic rings. The number of rotatable bonds is 2. The molecule has 1 aliphatic carbocycles. The normalized spacial score (nSPS) is 25.4. The van der Waals surface area contributed by atoms with Crippen molar-refractivity contribution in [1.82, 2.24) is 9.97 Å². The first-order valence-electron chi connectivity index (χ1n) is 6.09. The summed E-state index contributed by atoms with van der Waals surface area (Å²) in [6, 6.07) is 0.292. The Bertz CT molecular complexity index is 386. The molecule has 2 unspecified atom stereocenters. The molecule has 0 aliphatic heterocycles. The molecule has 2 atom stereocenters. The standard InChI is InChI=1S/C12H17ClFN3/c1-8-3-2-4-9(6-5-8)16-11-10(14)7-15-12(13)17-11/h7-9H,2-6H2,1H3,(H,15,16,17). The van der Waals surface area contributed by atoms with E-state index in [0.717, 1.165) is 25.0 Å². The summed E-state index contributed by atoms with van der Waals surface area (Å²) in [5.41, 5.74) is 0. The van der Waals surface area contributed by atoms with Gasteiger partial charge in [-0.3, -0.25) is 0 Å². The Balaban J connectivity index is 2.02. The lowest BCUT2D eigenvalue weighted by Gasteiger charge is -2.17. The highest BCUT2D eigenvalue weighted by atomic mass is 35.5. The number of hydrogen-bond acceptors (Lipinski definition) is 3. The molecule has 17 heavy (non-hydrogen) atoms. The number of hydrogen-bond donors (Lipinski definition) is 1. The highest BCUT2D eigenvalue weighted by Crippen LogP contribution is 2.25. The van der Waals surface area contributed by atoms with E-state index in [9.17, 15) is 4.39 Å². The van der Waals surface area contributed by atoms with E-state index in [4.69, 9.17) is 11.6 Å². The van der Waals surface area contributed by atoms with Gasteiger partial charge < -0.3 is 5.32 Å². The summed E-state index contributed by atoms with van der Waals surface area (Å²) in [5.74, 6) is 0.553. The molecule has 0 spiro atoms. The second-order valence-electron chi connectivity index (χ2n) is 4.79. The number of nitrogens with one attached hydrogen (secondary N) is 1. The second kappa shape index (κ2) is 5.63. The highest BCUT2D eigenvalue weighted by molar-refractivity contribution is 6.28. The van der Waals surface area contributed by atoms with Crippen molar-refractivity contribution in [3.63, 3.8) is 0 Å². The van der Waals surface area contributed by atoms with Crippen molar-refractivity contribution < 1.29 is 4.39 Å². The van der Waals surface area contributed by atoms with Crippen molar-refractivity contribution >= 4 is 17.4 Å². The van der Waals surface area contributed by atoms with Crippen LogP contribution in [-0.4, -0.2) is 16.0 Å². The van der Waals surface area contributed by atoms with E-state index in [2.05, 4.69) is 22.2 Å². The molecule has 94 valence electrons. The van der Waals surface area contributed by atoms with E-state index >= 15 is 0 Å². The van der Waals surface area contributed by atoms with Crippen molar-refractivity contribution in [3.05, 3.63) is 17.3 Å². The summed E-state index contributed by atoms with van der Waals surface area (Å²) in [6.07, 6.45) is 6.84. The van der Waals surface area contributed by atoms with Crippen LogP contribution in [0.4, 0.5) is 10.2 Å². The second-order valence-corrected chi connectivity index (χ2v) is 5.13. The predicted molar refractivity (Wildman–Crippen MR) is 66.7 cm³/mol. The number of aromatic nitrogens is 2. The molecule has 5 heteroatoms. The molecule has 0 bridgehead atoms. The molecule has 0 radical (unpaired) electrons. The van der Waals surface area contributed by atoms with Crippen LogP contribution in [0.3, 0.4) is 0 Å². The van der Waals surface area contributed by atoms with E-state index < -0.39 is 5.82 Å². The van der Waals surface area contributed by atoms with Crippen LogP contribution in [0.2, 0.25) is 5.28 Å². The number of anilines is 1. The Kier molecular flexibility index (Phi) is 4.15. The maximum atomic E-state index is 13.5. The van der Waals surface area contributed by atoms with Crippen LogP contribution in [0.5, 0.6) is 0 Å². The Morgan fingerprint density at radius 3 is 3.00 bits per heavy atom. The van der Waals surface area contributed by atoms with E-state index in [1.807, 2.05) is 0 Å². The maximum Gasteiger partial charge on any atom is 0.224 e. The molecule has 1 fully saturated rings. The van der Waals surface area contributed by atoms with Gasteiger partial charge in [-0.05, 0) is 36.8 Å². The molecule has 0 saturated heterocycles. The van der Waals surface area contributed by atoms with Gasteiger partial charge in [-0.2, -0.15) is 4.98 Å². The first-order valence-corrected chi connectivity index (χ1v) is 6.47. The zero-order chi connectivity index (χ0) is 12.3. The lowest BCUT2D eigenvalue weighted by molar-refractivity contribution is 0.501. The third kappa shape index (κ3) is 3.53. The summed E-state index contributed by atoms with van der Waals surface area (Å²) < 4.78 is 13.5. The molecule has 1 aromatic heterocycles. The van der Waals surface area contributed by atoms with Gasteiger partial charge >= 0.3 is 0 Å². The number of nitrogens with zero attached hydrogens (tertiary/aromatic N) is 2. The van der Waals surface area contributed by atoms with Gasteiger partial charge in [-0.25, -0.2) is 9.37 Å². The third-order valence-corrected chi connectivity index (χ3v) is 3.50. The van der Waals surface area contributed by atoms with Crippen LogP contribution in [-0.2, 0) is 0 Å². The Hall–Kier alpha value is -0.900. The van der Waals surface area contributed by atoms with E-state index in [1.54, 1.807) is 0 Å². The van der Waals surface area contributed by atoms with Gasteiger partial charge in [0.1, 0.15) is 0 Å². The lowest BCUT2D eigenvalue weighted by Crippen LogP contribution is -2.20. The average molecular weight is 258 g/mol. The third-order valence-electron chi connectivity index (χ3n) is 3.31. The molecule has 1 N–H and O–H groups in total. The Labute approximate surface area is 106 Å². The van der Waals surface area contributed by atoms with Gasteiger partial charge in [0, 0.05) is 6.04 Å². The summed E-state index contributed by atoms with van der Waals surface area (Å²) in [5, 5.41) is 3.22. The quantitative estimate of drug-likeness (QED) is 0.649. The minimum absolute atomic E-state index is 0.0795. The first kappa shape index (κ1) is 12.6. The molecule has 0 amide bonds. The van der Waals surface area contributed by atoms with Gasteiger partial charge in [0.15, 0.2) is 11.6 Å². The Morgan fingerprint density at radius 2 is 2.18 bits per heavy atom. The van der Waals surface area contributed by atoms with Crippen LogP contribution in [0.1, 0.15) is 39.0 Å². The van der Waals surface area contributed by atoms with Gasteiger partial charge in [0.2, 0.25) is 5.28 Å². The molecule has 1 aliphatic rings. The zero-order valence-corrected chi connectivity index (χ0v) is 10.7. The van der Waals surface area contributed by atoms with Gasteiger partial charge in [0.25, 0.3) is 0 Å². The summed E-state index contributed by atoms with van der Waals surface area (Å²) in [4.78, 5) is 7.49. The van der Waals surface area contributed by atoms with Crippen molar-refractivity contribution in [2.45, 2.75) is 45.1 Å². The first-order chi connectivity index (χ1) is 8.15. The van der Waals surface area contributed by atoms with Crippen molar-refractivity contribution in [2.75, 3.05) is 5.32 Å². The topological polar surface area (TPSA) is 37.8 Å². The largest absolute Gasteiger partial charge is 0.365 e. The van der Waals surface area contributed by atoms with Crippen molar-refractivity contribution in [3.8, 4) is 0 Å². The van der Waals surface area contributed by atoms with Gasteiger partial charge in [-0.1, -0.05) is 19.8 Å². The number of halogens is 2. The van der Waals surface area contributed by atoms with Crippen molar-refractivity contribution in [1.29, 1.82) is 0 Å². The fraction of sp³-hybridized carbons (Fsp3) is 0.667. The fourth-order valence-electron chi connectivity index (χ4n) is 2.27. The predicted octanol–water partition coefficient (Wildman–Crippen LogP) is 3.65. The van der Waals surface area contributed by atoms with Gasteiger partial charge in [-0.15, -0.1) is 0 Å². The summed E-state index contributed by atoms with van der Waals surface area (Å²) in [6.45, 7) is 2.27. The molecule has 0 aromatic carbocycles. The SMILES string of the molecule is CC1CCCC(Nc2nc(Cl)ncc2F)CC1. The molecular formula is C12H17ClFN3. The van der Waals surface area contributed by atoms with Crippen LogP contribution in [0.15, 0.2) is 6.20 Å². The van der Waals surface area contributed by atoms with Crippen LogP contribution in [0.25, 0.3) is 0 Å². The monoisotopic (exact) mass is 257 g/mol. The molecule has 2 rings (SSSR count). The highest BCUT2D eigenvalue weighted by Gasteiger charge is 2.18. The fourth-order valence-corrected chi connectivity index (χ4v) is 2.40. The van der Waals surface area contributed by atoms with Crippen LogP contribution in [0, 0.1) is 11.7 Å². The maximum absolute atomic E-state index is 13.5. The Morgan fingerprint density at radius 1 is 1.35 bits per heavy atom. The molecule has 3 nitrogen and oxygen atoms in total. The average Bonchev–Trinajstić information content (AvgIpc) is 2.49. The minimum Gasteiger partial charge on any atom is -0.365 e. The zero-order valence-electron chi connectivity index (χ0n) is 9.92. The molecule has 1 saturated carbocycles. The van der Waals surface area contributed by atoms with E-state index in [1.165, 1.54) is 19.3 Å². The molecule has 1 heterocycles. The van der Waals surface area contributed by atoms with E-state index in [0.29, 0.717) is 6.04 Å². The van der Waals surface area contributed by atoms with Crippen LogP contribution < -0.4 is 5.32 Å².